The number of para-hydroxylation sites is 1. The zero-order chi connectivity index (χ0) is 18.7. The van der Waals surface area contributed by atoms with Crippen molar-refractivity contribution in [3.8, 4) is 5.75 Å². The first-order chi connectivity index (χ1) is 12.5. The molecule has 0 aliphatic carbocycles. The van der Waals surface area contributed by atoms with E-state index in [1.165, 1.54) is 7.05 Å². The highest BCUT2D eigenvalue weighted by atomic mass is 16.5. The van der Waals surface area contributed by atoms with Crippen LogP contribution in [0.1, 0.15) is 21.6 Å². The van der Waals surface area contributed by atoms with Crippen LogP contribution >= 0.6 is 0 Å². The van der Waals surface area contributed by atoms with E-state index in [0.717, 1.165) is 26.9 Å². The molecule has 0 aliphatic heterocycles. The van der Waals surface area contributed by atoms with E-state index in [2.05, 4.69) is 4.98 Å². The number of fused-ring (bicyclic) bond motifs is 1. The molecule has 0 atom stereocenters. The summed E-state index contributed by atoms with van der Waals surface area (Å²) in [6.07, 6.45) is 0. The summed E-state index contributed by atoms with van der Waals surface area (Å²) in [5.74, 6) is -0.0597. The number of carbonyl (C=O) groups is 1. The summed E-state index contributed by atoms with van der Waals surface area (Å²) in [5, 5.41) is 8.23. The van der Waals surface area contributed by atoms with Crippen LogP contribution in [0.5, 0.6) is 5.75 Å². The second kappa shape index (κ2) is 7.28. The van der Waals surface area contributed by atoms with E-state index in [-0.39, 0.29) is 11.9 Å². The number of nitrogens with one attached hydrogen (secondary N) is 2. The molecule has 0 bridgehead atoms. The molecule has 26 heavy (non-hydrogen) atoms. The minimum Gasteiger partial charge on any atom is -0.487 e. The summed E-state index contributed by atoms with van der Waals surface area (Å²) in [7, 11) is 1.46. The molecule has 7 nitrogen and oxygen atoms in total. The van der Waals surface area contributed by atoms with Crippen molar-refractivity contribution in [3.63, 3.8) is 0 Å². The average molecular weight is 351 g/mol. The van der Waals surface area contributed by atoms with Gasteiger partial charge in [-0.2, -0.15) is 0 Å². The summed E-state index contributed by atoms with van der Waals surface area (Å²) in [6, 6.07) is 15.2. The lowest BCUT2D eigenvalue weighted by Crippen LogP contribution is -2.38. The van der Waals surface area contributed by atoms with Crippen LogP contribution in [0.3, 0.4) is 0 Å². The molecule has 3 aromatic rings. The van der Waals surface area contributed by atoms with E-state index in [0.29, 0.717) is 24.6 Å². The average Bonchev–Trinajstić information content (AvgIpc) is 3.10. The molecule has 3 rings (SSSR count). The van der Waals surface area contributed by atoms with Gasteiger partial charge in [-0.25, -0.2) is 0 Å². The van der Waals surface area contributed by atoms with Gasteiger partial charge in [0.15, 0.2) is 5.96 Å². The predicted molar refractivity (Wildman–Crippen MR) is 101 cm³/mol. The Balaban J connectivity index is 1.88. The molecule has 0 spiro atoms. The summed E-state index contributed by atoms with van der Waals surface area (Å²) >= 11 is 0. The van der Waals surface area contributed by atoms with E-state index in [1.54, 1.807) is 6.07 Å². The number of aromatic amines is 1. The normalized spacial score (nSPS) is 10.7. The van der Waals surface area contributed by atoms with Gasteiger partial charge in [0, 0.05) is 19.0 Å². The Morgan fingerprint density at radius 1 is 1.19 bits per heavy atom. The van der Waals surface area contributed by atoms with E-state index >= 15 is 0 Å². The van der Waals surface area contributed by atoms with Crippen LogP contribution in [0.4, 0.5) is 0 Å². The highest BCUT2D eigenvalue weighted by Gasteiger charge is 2.17. The summed E-state index contributed by atoms with van der Waals surface area (Å²) in [5.41, 5.74) is 14.3. The van der Waals surface area contributed by atoms with Gasteiger partial charge in [-0.3, -0.25) is 15.1 Å². The van der Waals surface area contributed by atoms with Crippen LogP contribution < -0.4 is 16.2 Å². The largest absolute Gasteiger partial charge is 0.487 e. The molecule has 2 aromatic carbocycles. The minimum atomic E-state index is -0.381. The second-order valence-electron chi connectivity index (χ2n) is 5.91. The lowest BCUT2D eigenvalue weighted by Gasteiger charge is -2.13. The second-order valence-corrected chi connectivity index (χ2v) is 5.91. The van der Waals surface area contributed by atoms with Gasteiger partial charge in [0.05, 0.1) is 5.52 Å². The van der Waals surface area contributed by atoms with Crippen molar-refractivity contribution in [3.05, 3.63) is 65.4 Å². The van der Waals surface area contributed by atoms with Gasteiger partial charge in [0.25, 0.3) is 5.91 Å². The number of hydrogen-bond donors (Lipinski definition) is 4. The Kier molecular flexibility index (Phi) is 4.90. The van der Waals surface area contributed by atoms with Crippen molar-refractivity contribution in [1.29, 1.82) is 5.41 Å². The predicted octanol–water partition coefficient (Wildman–Crippen LogP) is 2.17. The topological polar surface area (TPSA) is 121 Å². The Hall–Kier alpha value is -3.32. The van der Waals surface area contributed by atoms with Gasteiger partial charge in [-0.15, -0.1) is 0 Å². The third-order valence-corrected chi connectivity index (χ3v) is 4.24. The number of guanidine groups is 1. The fraction of sp³-hybridized carbons (Fsp3) is 0.158. The molecule has 0 saturated heterocycles. The molecule has 0 aliphatic rings. The van der Waals surface area contributed by atoms with E-state index in [1.807, 2.05) is 42.5 Å². The van der Waals surface area contributed by atoms with Crippen LogP contribution in [0.15, 0.2) is 48.5 Å². The van der Waals surface area contributed by atoms with Crippen LogP contribution in [0, 0.1) is 5.41 Å². The van der Waals surface area contributed by atoms with Gasteiger partial charge >= 0.3 is 0 Å². The van der Waals surface area contributed by atoms with Gasteiger partial charge < -0.3 is 21.2 Å². The zero-order valence-electron chi connectivity index (χ0n) is 14.5. The monoisotopic (exact) mass is 351 g/mol. The Morgan fingerprint density at radius 2 is 1.92 bits per heavy atom. The lowest BCUT2D eigenvalue weighted by atomic mass is 10.1. The van der Waals surface area contributed by atoms with E-state index in [9.17, 15) is 4.79 Å². The number of aromatic nitrogens is 1. The quantitative estimate of drug-likeness (QED) is 0.416. The summed E-state index contributed by atoms with van der Waals surface area (Å²) in [4.78, 5) is 16.5. The lowest BCUT2D eigenvalue weighted by molar-refractivity contribution is 0.0864. The standard InChI is InChI=1S/C19H21N5O2/c1-24(19(21)22)18(25)15-9-12-7-4-8-16(17(12)23-15)26-11-14-6-3-2-5-13(14)10-20/h2-9,23H,10-11,20H2,1H3,(H3,21,22). The molecule has 1 amide bonds. The maximum Gasteiger partial charge on any atom is 0.276 e. The summed E-state index contributed by atoms with van der Waals surface area (Å²) in [6.45, 7) is 0.824. The molecular formula is C19H21N5O2. The molecule has 134 valence electrons. The van der Waals surface area contributed by atoms with Gasteiger partial charge in [0.1, 0.15) is 18.1 Å². The molecule has 0 fully saturated rings. The SMILES string of the molecule is CN(C(=N)N)C(=O)c1cc2cccc(OCc3ccccc3CN)c2[nH]1. The number of amides is 1. The number of ether oxygens (including phenoxy) is 1. The number of benzene rings is 2. The maximum atomic E-state index is 12.3. The molecule has 6 N–H and O–H groups in total. The van der Waals surface area contributed by atoms with Crippen molar-refractivity contribution in [2.75, 3.05) is 7.05 Å². The van der Waals surface area contributed by atoms with Crippen molar-refractivity contribution in [2.24, 2.45) is 11.5 Å². The first kappa shape index (κ1) is 17.5. The zero-order valence-corrected chi connectivity index (χ0v) is 14.5. The number of rotatable bonds is 5. The Morgan fingerprint density at radius 3 is 2.62 bits per heavy atom. The third kappa shape index (κ3) is 3.38. The smallest absolute Gasteiger partial charge is 0.276 e. The number of nitrogens with two attached hydrogens (primary N) is 2. The van der Waals surface area contributed by atoms with Crippen LogP contribution in [-0.4, -0.2) is 28.8 Å². The van der Waals surface area contributed by atoms with Crippen LogP contribution in [0.2, 0.25) is 0 Å². The van der Waals surface area contributed by atoms with Gasteiger partial charge in [-0.1, -0.05) is 36.4 Å². The Labute approximate surface area is 151 Å². The highest BCUT2D eigenvalue weighted by Crippen LogP contribution is 2.27. The first-order valence-electron chi connectivity index (χ1n) is 8.14. The molecule has 7 heteroatoms. The minimum absolute atomic E-state index is 0.316. The molecule has 0 saturated carbocycles. The number of hydrogen-bond acceptors (Lipinski definition) is 4. The first-order valence-corrected chi connectivity index (χ1v) is 8.14. The fourth-order valence-electron chi connectivity index (χ4n) is 2.71. The molecular weight excluding hydrogens is 330 g/mol. The van der Waals surface area contributed by atoms with E-state index < -0.39 is 0 Å². The van der Waals surface area contributed by atoms with Crippen LogP contribution in [0.25, 0.3) is 10.9 Å². The van der Waals surface area contributed by atoms with Crippen molar-refractivity contribution >= 4 is 22.8 Å². The van der Waals surface area contributed by atoms with E-state index in [4.69, 9.17) is 21.6 Å². The van der Waals surface area contributed by atoms with Crippen molar-refractivity contribution < 1.29 is 9.53 Å². The fourth-order valence-corrected chi connectivity index (χ4v) is 2.71. The molecule has 0 radical (unpaired) electrons. The highest BCUT2D eigenvalue weighted by molar-refractivity contribution is 6.06. The van der Waals surface area contributed by atoms with Crippen molar-refractivity contribution in [1.82, 2.24) is 9.88 Å². The summed E-state index contributed by atoms with van der Waals surface area (Å²) < 4.78 is 5.97. The number of nitrogens with zero attached hydrogens (tertiary/aromatic N) is 1. The third-order valence-electron chi connectivity index (χ3n) is 4.24. The molecule has 1 aromatic heterocycles. The number of carbonyl (C=O) groups excluding carboxylic acids is 1. The maximum absolute atomic E-state index is 12.3. The Bertz CT molecular complexity index is 963. The molecule has 1 heterocycles. The molecule has 0 unspecified atom stereocenters. The van der Waals surface area contributed by atoms with Gasteiger partial charge in [0.2, 0.25) is 0 Å². The van der Waals surface area contributed by atoms with Gasteiger partial charge in [-0.05, 0) is 23.3 Å². The number of H-pyrrole nitrogens is 1. The van der Waals surface area contributed by atoms with Crippen molar-refractivity contribution in [2.45, 2.75) is 13.2 Å². The van der Waals surface area contributed by atoms with Crippen LogP contribution in [-0.2, 0) is 13.2 Å².